The van der Waals surface area contributed by atoms with Gasteiger partial charge < -0.3 is 24.2 Å². The number of phenolic OH excluding ortho intramolecular Hbond substituents is 1. The average Bonchev–Trinajstić information content (AvgIpc) is 3.29. The number of ether oxygens (including phenoxy) is 3. The van der Waals surface area contributed by atoms with Gasteiger partial charge in [0.05, 0.1) is 25.9 Å². The topological polar surface area (TPSA) is 93.1 Å². The second-order valence-corrected chi connectivity index (χ2v) is 12.7. The number of aromatic nitrogens is 3. The van der Waals surface area contributed by atoms with Crippen molar-refractivity contribution in [1.82, 2.24) is 19.9 Å². The maximum Gasteiger partial charge on any atom is 0.319 e. The monoisotopic (exact) mass is 647 g/mol. The Kier molecular flexibility index (Phi) is 8.22. The fourth-order valence-electron chi connectivity index (χ4n) is 7.86. The first kappa shape index (κ1) is 31.3. The summed E-state index contributed by atoms with van der Waals surface area (Å²) >= 11 is 0. The van der Waals surface area contributed by atoms with Crippen LogP contribution in [0.25, 0.3) is 32.9 Å². The number of fused-ring (bicyclic) bond motifs is 3. The highest BCUT2D eigenvalue weighted by Crippen LogP contribution is 2.48. The molecule has 4 heterocycles. The Morgan fingerprint density at radius 1 is 1.13 bits per heavy atom. The number of nitrogens with zero attached hydrogens (tertiary/aromatic N) is 5. The largest absolute Gasteiger partial charge is 0.508 e. The molecular formula is C35H36F3N5O4. The summed E-state index contributed by atoms with van der Waals surface area (Å²) in [5.41, 5.74) is -0.809. The van der Waals surface area contributed by atoms with E-state index in [1.165, 1.54) is 31.4 Å². The molecule has 47 heavy (non-hydrogen) atoms. The maximum atomic E-state index is 17.0. The van der Waals surface area contributed by atoms with E-state index in [0.29, 0.717) is 56.9 Å². The van der Waals surface area contributed by atoms with Gasteiger partial charge in [-0.3, -0.25) is 4.90 Å². The molecule has 1 saturated carbocycles. The van der Waals surface area contributed by atoms with E-state index in [1.54, 1.807) is 0 Å². The second kappa shape index (κ2) is 12.4. The number of rotatable bonds is 6. The van der Waals surface area contributed by atoms with Crippen molar-refractivity contribution in [3.05, 3.63) is 41.5 Å². The second-order valence-electron chi connectivity index (χ2n) is 12.7. The fourth-order valence-corrected chi connectivity index (χ4v) is 7.86. The Labute approximate surface area is 270 Å². The smallest absolute Gasteiger partial charge is 0.319 e. The number of aromatic hydroxyl groups is 1. The summed E-state index contributed by atoms with van der Waals surface area (Å²) in [4.78, 5) is 17.9. The van der Waals surface area contributed by atoms with Crippen LogP contribution in [0.2, 0.25) is 0 Å². The zero-order valence-electron chi connectivity index (χ0n) is 26.4. The number of alkyl halides is 1. The summed E-state index contributed by atoms with van der Waals surface area (Å²) in [6.07, 6.45) is 8.52. The summed E-state index contributed by atoms with van der Waals surface area (Å²) in [6, 6.07) is 5.47. The quantitative estimate of drug-likeness (QED) is 0.267. The van der Waals surface area contributed by atoms with Crippen molar-refractivity contribution in [2.75, 3.05) is 58.5 Å². The molecule has 4 aromatic rings. The molecule has 1 N–H and O–H groups in total. The van der Waals surface area contributed by atoms with Gasteiger partial charge in [-0.1, -0.05) is 18.4 Å². The number of anilines is 1. The molecule has 3 atom stereocenters. The van der Waals surface area contributed by atoms with E-state index in [-0.39, 0.29) is 63.4 Å². The zero-order valence-corrected chi connectivity index (χ0v) is 26.4. The summed E-state index contributed by atoms with van der Waals surface area (Å²) in [5.74, 6) is 1.05. The van der Waals surface area contributed by atoms with Crippen molar-refractivity contribution in [1.29, 1.82) is 0 Å². The van der Waals surface area contributed by atoms with E-state index in [4.69, 9.17) is 25.6 Å². The Balaban J connectivity index is 1.42. The van der Waals surface area contributed by atoms with Gasteiger partial charge in [-0.2, -0.15) is 9.97 Å². The number of phenols is 1. The lowest BCUT2D eigenvalue weighted by Crippen LogP contribution is -2.54. The van der Waals surface area contributed by atoms with Crippen LogP contribution in [0, 0.1) is 29.4 Å². The van der Waals surface area contributed by atoms with Gasteiger partial charge in [0, 0.05) is 48.6 Å². The SMILES string of the molecule is C#Cc1c(F)ccc2cc(O)cc(-c3nc(OC)c4c(N5CCCOCC5)nc(OCC56CCCC5N(C)CC(F)C6)nc4c3F)c12. The van der Waals surface area contributed by atoms with Crippen LogP contribution in [0.15, 0.2) is 24.3 Å². The van der Waals surface area contributed by atoms with Crippen molar-refractivity contribution in [2.45, 2.75) is 44.3 Å². The minimum Gasteiger partial charge on any atom is -0.508 e. The van der Waals surface area contributed by atoms with Crippen LogP contribution < -0.4 is 14.4 Å². The molecule has 9 nitrogen and oxygen atoms in total. The number of likely N-dealkylation sites (tertiary alicyclic amines) is 1. The van der Waals surface area contributed by atoms with Crippen LogP contribution in [-0.4, -0.2) is 90.8 Å². The van der Waals surface area contributed by atoms with Crippen LogP contribution in [0.4, 0.5) is 19.0 Å². The molecule has 1 aliphatic carbocycles. The summed E-state index contributed by atoms with van der Waals surface area (Å²) in [6.45, 7) is 2.60. The number of benzene rings is 2. The molecule has 2 aromatic heterocycles. The molecule has 2 aromatic carbocycles. The molecule has 2 aliphatic heterocycles. The van der Waals surface area contributed by atoms with Crippen LogP contribution in [-0.2, 0) is 4.74 Å². The molecular weight excluding hydrogens is 611 g/mol. The van der Waals surface area contributed by atoms with E-state index in [9.17, 15) is 13.9 Å². The van der Waals surface area contributed by atoms with E-state index < -0.39 is 23.2 Å². The Morgan fingerprint density at radius 2 is 1.98 bits per heavy atom. The Morgan fingerprint density at radius 3 is 2.79 bits per heavy atom. The highest BCUT2D eigenvalue weighted by atomic mass is 19.1. The molecule has 0 amide bonds. The first-order valence-electron chi connectivity index (χ1n) is 15.9. The van der Waals surface area contributed by atoms with Gasteiger partial charge >= 0.3 is 6.01 Å². The Hall–Kier alpha value is -4.34. The maximum absolute atomic E-state index is 17.0. The number of terminal acetylenes is 1. The standard InChI is InChI=1S/C35H36F3N5O4/c1-4-23-25(37)9-8-20-15-22(44)16-24(27(20)23)30-29(38)31-28(33(39-30)45-3)32(43-11-6-13-46-14-12-43)41-34(40-31)47-19-35-10-5-7-26(35)42(2)18-21(36)17-35/h1,8-9,15-16,21,26,44H,5-7,10-14,17-19H2,2-3H3. The van der Waals surface area contributed by atoms with Gasteiger partial charge in [0.2, 0.25) is 5.88 Å². The lowest BCUT2D eigenvalue weighted by Gasteiger charge is -2.45. The molecule has 2 saturated heterocycles. The molecule has 0 spiro atoms. The normalized spacial score (nSPS) is 23.4. The van der Waals surface area contributed by atoms with Crippen LogP contribution in [0.1, 0.15) is 37.7 Å². The molecule has 3 aliphatic rings. The number of methoxy groups -OCH3 is 1. The molecule has 3 unspecified atom stereocenters. The van der Waals surface area contributed by atoms with Gasteiger partial charge in [-0.05, 0) is 56.3 Å². The van der Waals surface area contributed by atoms with Crippen molar-refractivity contribution < 1.29 is 32.5 Å². The lowest BCUT2D eigenvalue weighted by atomic mass is 9.75. The molecule has 3 fully saturated rings. The third-order valence-electron chi connectivity index (χ3n) is 9.87. The van der Waals surface area contributed by atoms with E-state index in [0.717, 1.165) is 19.3 Å². The highest BCUT2D eigenvalue weighted by molar-refractivity contribution is 6.04. The minimum absolute atomic E-state index is 0.0295. The van der Waals surface area contributed by atoms with Gasteiger partial charge in [0.15, 0.2) is 5.82 Å². The fraction of sp³-hybridized carbons (Fsp3) is 0.457. The summed E-state index contributed by atoms with van der Waals surface area (Å²) in [5, 5.41) is 11.4. The van der Waals surface area contributed by atoms with E-state index in [2.05, 4.69) is 20.8 Å². The summed E-state index contributed by atoms with van der Waals surface area (Å²) in [7, 11) is 3.35. The predicted octanol–water partition coefficient (Wildman–Crippen LogP) is 5.64. The number of piperidine rings is 1. The molecule has 0 bridgehead atoms. The average molecular weight is 648 g/mol. The van der Waals surface area contributed by atoms with Gasteiger partial charge in [-0.25, -0.2) is 18.2 Å². The van der Waals surface area contributed by atoms with Crippen molar-refractivity contribution in [2.24, 2.45) is 5.41 Å². The lowest BCUT2D eigenvalue weighted by molar-refractivity contribution is -0.0244. The Bertz CT molecular complexity index is 1890. The van der Waals surface area contributed by atoms with Crippen molar-refractivity contribution in [3.63, 3.8) is 0 Å². The number of hydrogen-bond acceptors (Lipinski definition) is 9. The number of pyridine rings is 1. The highest BCUT2D eigenvalue weighted by Gasteiger charge is 2.50. The van der Waals surface area contributed by atoms with E-state index in [1.807, 2.05) is 11.9 Å². The predicted molar refractivity (Wildman–Crippen MR) is 172 cm³/mol. The summed E-state index contributed by atoms with van der Waals surface area (Å²) < 4.78 is 64.5. The number of halogens is 3. The van der Waals surface area contributed by atoms with Crippen molar-refractivity contribution >= 4 is 27.5 Å². The molecule has 246 valence electrons. The molecule has 0 radical (unpaired) electrons. The van der Waals surface area contributed by atoms with Gasteiger partial charge in [0.25, 0.3) is 0 Å². The van der Waals surface area contributed by atoms with Crippen molar-refractivity contribution in [3.8, 4) is 41.2 Å². The van der Waals surface area contributed by atoms with Gasteiger partial charge in [-0.15, -0.1) is 6.42 Å². The van der Waals surface area contributed by atoms with E-state index >= 15 is 4.39 Å². The van der Waals surface area contributed by atoms with Crippen LogP contribution in [0.5, 0.6) is 17.6 Å². The molecule has 7 rings (SSSR count). The van der Waals surface area contributed by atoms with Gasteiger partial charge in [0.1, 0.15) is 40.2 Å². The first-order valence-corrected chi connectivity index (χ1v) is 15.9. The molecule has 12 heteroatoms. The number of hydrogen-bond donors (Lipinski definition) is 1. The van der Waals surface area contributed by atoms with Crippen LogP contribution >= 0.6 is 0 Å². The third kappa shape index (κ3) is 5.45. The first-order chi connectivity index (χ1) is 22.7. The third-order valence-corrected chi connectivity index (χ3v) is 9.87. The van der Waals surface area contributed by atoms with Crippen LogP contribution in [0.3, 0.4) is 0 Å². The zero-order chi connectivity index (χ0) is 32.9. The minimum atomic E-state index is -0.978.